The van der Waals surface area contributed by atoms with E-state index in [2.05, 4.69) is 0 Å². The highest BCUT2D eigenvalue weighted by Gasteiger charge is 2.12. The van der Waals surface area contributed by atoms with E-state index >= 15 is 0 Å². The molecule has 0 N–H and O–H groups in total. The van der Waals surface area contributed by atoms with Crippen LogP contribution in [0.3, 0.4) is 0 Å². The highest BCUT2D eigenvalue weighted by molar-refractivity contribution is 6.33. The van der Waals surface area contributed by atoms with Crippen molar-refractivity contribution in [1.29, 1.82) is 5.26 Å². The SMILES string of the molecule is N#Cc1ccc(Oc2ccc([N+](=O)[O-])cc2Cl)c(Cl)c1. The van der Waals surface area contributed by atoms with E-state index in [0.717, 1.165) is 0 Å². The number of ether oxygens (including phenoxy) is 1. The van der Waals surface area contributed by atoms with Crippen LogP contribution in [0.25, 0.3) is 0 Å². The molecule has 0 aliphatic carbocycles. The van der Waals surface area contributed by atoms with Crippen LogP contribution in [0.5, 0.6) is 11.5 Å². The van der Waals surface area contributed by atoms with Crippen molar-refractivity contribution in [3.8, 4) is 17.6 Å². The molecule has 0 aromatic heterocycles. The molecule has 2 aromatic carbocycles. The lowest BCUT2D eigenvalue weighted by Gasteiger charge is -2.09. The van der Waals surface area contributed by atoms with E-state index in [9.17, 15) is 10.1 Å². The summed E-state index contributed by atoms with van der Waals surface area (Å²) < 4.78 is 5.48. The molecular formula is C13H6Cl2N2O3. The van der Waals surface area contributed by atoms with Gasteiger partial charge in [-0.1, -0.05) is 23.2 Å². The number of non-ortho nitro benzene ring substituents is 1. The van der Waals surface area contributed by atoms with E-state index in [1.165, 1.54) is 30.3 Å². The number of nitro benzene ring substituents is 1. The van der Waals surface area contributed by atoms with Crippen LogP contribution in [0.1, 0.15) is 5.56 Å². The molecule has 0 bridgehead atoms. The Balaban J connectivity index is 2.31. The van der Waals surface area contributed by atoms with E-state index in [1.54, 1.807) is 6.07 Å². The summed E-state index contributed by atoms with van der Waals surface area (Å²) in [4.78, 5) is 10.1. The molecule has 0 fully saturated rings. The molecular weight excluding hydrogens is 303 g/mol. The van der Waals surface area contributed by atoms with Gasteiger partial charge in [0.15, 0.2) is 0 Å². The second-order valence-electron chi connectivity index (χ2n) is 3.73. The van der Waals surface area contributed by atoms with Crippen molar-refractivity contribution in [2.24, 2.45) is 0 Å². The van der Waals surface area contributed by atoms with Crippen molar-refractivity contribution in [3.05, 3.63) is 62.1 Å². The number of hydrogen-bond acceptors (Lipinski definition) is 4. The molecule has 0 saturated carbocycles. The van der Waals surface area contributed by atoms with Gasteiger partial charge in [0.05, 0.1) is 26.6 Å². The predicted molar refractivity (Wildman–Crippen MR) is 74.3 cm³/mol. The average molecular weight is 309 g/mol. The molecule has 0 aliphatic rings. The largest absolute Gasteiger partial charge is 0.454 e. The summed E-state index contributed by atoms with van der Waals surface area (Å²) in [6, 6.07) is 10.3. The van der Waals surface area contributed by atoms with Crippen molar-refractivity contribution in [3.63, 3.8) is 0 Å². The lowest BCUT2D eigenvalue weighted by Crippen LogP contribution is -1.90. The topological polar surface area (TPSA) is 76.2 Å². The maximum absolute atomic E-state index is 10.6. The molecule has 0 saturated heterocycles. The van der Waals surface area contributed by atoms with E-state index in [0.29, 0.717) is 11.3 Å². The fourth-order valence-corrected chi connectivity index (χ4v) is 1.89. The van der Waals surface area contributed by atoms with Gasteiger partial charge in [0.2, 0.25) is 0 Å². The minimum absolute atomic E-state index is 0.0969. The Kier molecular flexibility index (Phi) is 4.08. The second kappa shape index (κ2) is 5.78. The molecule has 5 nitrogen and oxygen atoms in total. The van der Waals surface area contributed by atoms with Gasteiger partial charge in [-0.15, -0.1) is 0 Å². The third-order valence-corrected chi connectivity index (χ3v) is 3.00. The summed E-state index contributed by atoms with van der Waals surface area (Å²) in [7, 11) is 0. The van der Waals surface area contributed by atoms with Crippen molar-refractivity contribution in [2.45, 2.75) is 0 Å². The van der Waals surface area contributed by atoms with Crippen molar-refractivity contribution in [2.75, 3.05) is 0 Å². The number of benzene rings is 2. The monoisotopic (exact) mass is 308 g/mol. The molecule has 0 unspecified atom stereocenters. The molecule has 2 rings (SSSR count). The van der Waals surface area contributed by atoms with Gasteiger partial charge in [-0.3, -0.25) is 10.1 Å². The van der Waals surface area contributed by atoms with Crippen LogP contribution in [-0.4, -0.2) is 4.92 Å². The Morgan fingerprint density at radius 3 is 2.20 bits per heavy atom. The van der Waals surface area contributed by atoms with Gasteiger partial charge in [-0.2, -0.15) is 5.26 Å². The Bertz CT molecular complexity index is 726. The quantitative estimate of drug-likeness (QED) is 0.615. The fourth-order valence-electron chi connectivity index (χ4n) is 1.46. The summed E-state index contributed by atoms with van der Waals surface area (Å²) in [5, 5.41) is 19.7. The number of nitriles is 1. The zero-order valence-corrected chi connectivity index (χ0v) is 11.4. The van der Waals surface area contributed by atoms with Gasteiger partial charge in [0, 0.05) is 12.1 Å². The zero-order chi connectivity index (χ0) is 14.7. The normalized spacial score (nSPS) is 9.85. The minimum atomic E-state index is -0.551. The van der Waals surface area contributed by atoms with Crippen molar-refractivity contribution < 1.29 is 9.66 Å². The first-order chi connectivity index (χ1) is 9.51. The van der Waals surface area contributed by atoms with Crippen LogP contribution in [0.4, 0.5) is 5.69 Å². The molecule has 2 aromatic rings. The van der Waals surface area contributed by atoms with E-state index in [1.807, 2.05) is 6.07 Å². The molecule has 0 aliphatic heterocycles. The van der Waals surface area contributed by atoms with Gasteiger partial charge in [-0.05, 0) is 24.3 Å². The standard InChI is InChI=1S/C13H6Cl2N2O3/c14-10-5-8(7-16)1-3-12(10)20-13-4-2-9(17(18)19)6-11(13)15/h1-6H. The lowest BCUT2D eigenvalue weighted by atomic mass is 10.2. The maximum Gasteiger partial charge on any atom is 0.271 e. The predicted octanol–water partition coefficient (Wildman–Crippen LogP) is 4.57. The maximum atomic E-state index is 10.6. The summed E-state index contributed by atoms with van der Waals surface area (Å²) in [5.41, 5.74) is 0.269. The Morgan fingerprint density at radius 1 is 1.10 bits per heavy atom. The Morgan fingerprint density at radius 2 is 1.70 bits per heavy atom. The third kappa shape index (κ3) is 2.99. The Labute approximate surface area is 124 Å². The van der Waals surface area contributed by atoms with Gasteiger partial charge in [0.25, 0.3) is 5.69 Å². The summed E-state index contributed by atoms with van der Waals surface area (Å²) in [6.45, 7) is 0. The average Bonchev–Trinajstić information content (AvgIpc) is 2.42. The third-order valence-electron chi connectivity index (χ3n) is 2.41. The fraction of sp³-hybridized carbons (Fsp3) is 0. The van der Waals surface area contributed by atoms with E-state index in [-0.39, 0.29) is 21.5 Å². The first-order valence-electron chi connectivity index (χ1n) is 5.32. The number of nitro groups is 1. The molecule has 0 radical (unpaired) electrons. The number of halogens is 2. The van der Waals surface area contributed by atoms with Crippen LogP contribution in [0.2, 0.25) is 10.0 Å². The molecule has 100 valence electrons. The second-order valence-corrected chi connectivity index (χ2v) is 4.55. The first-order valence-corrected chi connectivity index (χ1v) is 6.08. The molecule has 0 spiro atoms. The van der Waals surface area contributed by atoms with Gasteiger partial charge in [-0.25, -0.2) is 0 Å². The number of hydrogen-bond donors (Lipinski definition) is 0. The summed E-state index contributed by atoms with van der Waals surface area (Å²) >= 11 is 11.9. The molecule has 20 heavy (non-hydrogen) atoms. The van der Waals surface area contributed by atoms with Gasteiger partial charge >= 0.3 is 0 Å². The van der Waals surface area contributed by atoms with Crippen molar-refractivity contribution in [1.82, 2.24) is 0 Å². The molecule has 0 atom stereocenters. The number of nitrogens with zero attached hydrogens (tertiary/aromatic N) is 2. The van der Waals surface area contributed by atoms with Gasteiger partial charge in [0.1, 0.15) is 11.5 Å². The van der Waals surface area contributed by atoms with Crippen LogP contribution in [0, 0.1) is 21.4 Å². The minimum Gasteiger partial charge on any atom is -0.454 e. The van der Waals surface area contributed by atoms with E-state index < -0.39 is 4.92 Å². The van der Waals surface area contributed by atoms with E-state index in [4.69, 9.17) is 33.2 Å². The highest BCUT2D eigenvalue weighted by atomic mass is 35.5. The Hall–Kier alpha value is -2.29. The van der Waals surface area contributed by atoms with Crippen molar-refractivity contribution >= 4 is 28.9 Å². The summed E-state index contributed by atoms with van der Waals surface area (Å²) in [5.74, 6) is 0.547. The smallest absolute Gasteiger partial charge is 0.271 e. The van der Waals surface area contributed by atoms with Crippen LogP contribution >= 0.6 is 23.2 Å². The molecule has 0 heterocycles. The number of rotatable bonds is 3. The summed E-state index contributed by atoms with van der Waals surface area (Å²) in [6.07, 6.45) is 0. The highest BCUT2D eigenvalue weighted by Crippen LogP contribution is 2.35. The van der Waals surface area contributed by atoms with Crippen LogP contribution in [-0.2, 0) is 0 Å². The first kappa shape index (κ1) is 14.1. The van der Waals surface area contributed by atoms with Crippen LogP contribution < -0.4 is 4.74 Å². The lowest BCUT2D eigenvalue weighted by molar-refractivity contribution is -0.384. The molecule has 0 amide bonds. The molecule has 7 heteroatoms. The van der Waals surface area contributed by atoms with Crippen LogP contribution in [0.15, 0.2) is 36.4 Å². The van der Waals surface area contributed by atoms with Gasteiger partial charge < -0.3 is 4.74 Å². The zero-order valence-electron chi connectivity index (χ0n) is 9.84.